The maximum Gasteiger partial charge on any atom is 0.463 e. The average molecular weight is 297 g/mol. The summed E-state index contributed by atoms with van der Waals surface area (Å²) in [6, 6.07) is 6.52. The van der Waals surface area contributed by atoms with Gasteiger partial charge in [0.25, 0.3) is 5.91 Å². The number of nitrogens with one attached hydrogen (secondary N) is 1. The predicted octanol–water partition coefficient (Wildman–Crippen LogP) is 2.55. The van der Waals surface area contributed by atoms with Crippen LogP contribution in [-0.2, 0) is 11.2 Å². The molecule has 0 heterocycles. The zero-order valence-electron chi connectivity index (χ0n) is 10.4. The van der Waals surface area contributed by atoms with Crippen LogP contribution in [0.1, 0.15) is 5.56 Å². The topological polar surface area (TPSA) is 38.3 Å². The zero-order chi connectivity index (χ0) is 15.4. The van der Waals surface area contributed by atoms with Crippen molar-refractivity contribution in [1.29, 1.82) is 0 Å². The molecular formula is C12H12F5NO2. The molecule has 0 aliphatic rings. The van der Waals surface area contributed by atoms with Gasteiger partial charge >= 0.3 is 12.1 Å². The summed E-state index contributed by atoms with van der Waals surface area (Å²) in [6.45, 7) is -0.336. The Balaban J connectivity index is 2.54. The fourth-order valence-corrected chi connectivity index (χ4v) is 1.39. The van der Waals surface area contributed by atoms with Crippen molar-refractivity contribution in [3.63, 3.8) is 0 Å². The van der Waals surface area contributed by atoms with Gasteiger partial charge in [-0.05, 0) is 24.1 Å². The van der Waals surface area contributed by atoms with Gasteiger partial charge in [0.15, 0.2) is 0 Å². The number of hydrogen-bond donors (Lipinski definition) is 1. The molecule has 0 spiro atoms. The van der Waals surface area contributed by atoms with E-state index >= 15 is 0 Å². The summed E-state index contributed by atoms with van der Waals surface area (Å²) in [5, 5.41) is 1.57. The molecule has 0 bridgehead atoms. The van der Waals surface area contributed by atoms with Crippen LogP contribution in [0.15, 0.2) is 24.3 Å². The lowest BCUT2D eigenvalue weighted by Gasteiger charge is -2.18. The highest BCUT2D eigenvalue weighted by Gasteiger charge is 2.63. The van der Waals surface area contributed by atoms with Crippen molar-refractivity contribution in [1.82, 2.24) is 5.32 Å². The van der Waals surface area contributed by atoms with Crippen molar-refractivity contribution in [2.45, 2.75) is 18.5 Å². The van der Waals surface area contributed by atoms with Crippen molar-refractivity contribution in [3.05, 3.63) is 29.8 Å². The fraction of sp³-hybridized carbons (Fsp3) is 0.417. The molecule has 0 atom stereocenters. The number of benzene rings is 1. The van der Waals surface area contributed by atoms with E-state index < -0.39 is 18.0 Å². The van der Waals surface area contributed by atoms with E-state index in [0.29, 0.717) is 11.3 Å². The van der Waals surface area contributed by atoms with E-state index in [9.17, 15) is 26.7 Å². The van der Waals surface area contributed by atoms with Crippen molar-refractivity contribution < 1.29 is 31.5 Å². The molecule has 3 nitrogen and oxygen atoms in total. The first-order valence-electron chi connectivity index (χ1n) is 5.54. The minimum absolute atomic E-state index is 0.108. The summed E-state index contributed by atoms with van der Waals surface area (Å²) >= 11 is 0. The Hall–Kier alpha value is -1.86. The first-order chi connectivity index (χ1) is 9.18. The second-order valence-electron chi connectivity index (χ2n) is 3.93. The molecule has 0 fully saturated rings. The Morgan fingerprint density at radius 1 is 1.25 bits per heavy atom. The SMILES string of the molecule is COc1cccc(CCNC(=O)C(F)(F)C(F)(F)F)c1. The molecule has 20 heavy (non-hydrogen) atoms. The van der Waals surface area contributed by atoms with Crippen LogP contribution < -0.4 is 10.1 Å². The minimum atomic E-state index is -5.90. The Kier molecular flexibility index (Phi) is 4.91. The molecule has 0 aromatic heterocycles. The first-order valence-corrected chi connectivity index (χ1v) is 5.54. The molecule has 1 aromatic rings. The van der Waals surface area contributed by atoms with E-state index in [-0.39, 0.29) is 13.0 Å². The van der Waals surface area contributed by atoms with E-state index in [4.69, 9.17) is 4.74 Å². The highest BCUT2D eigenvalue weighted by Crippen LogP contribution is 2.35. The maximum atomic E-state index is 12.6. The van der Waals surface area contributed by atoms with Crippen molar-refractivity contribution in [2.75, 3.05) is 13.7 Å². The van der Waals surface area contributed by atoms with Crippen LogP contribution in [-0.4, -0.2) is 31.7 Å². The Labute approximate surface area is 111 Å². The lowest BCUT2D eigenvalue weighted by Crippen LogP contribution is -2.50. The molecular weight excluding hydrogens is 285 g/mol. The van der Waals surface area contributed by atoms with Gasteiger partial charge in [-0.2, -0.15) is 22.0 Å². The molecule has 1 rings (SSSR count). The van der Waals surface area contributed by atoms with Gasteiger partial charge in [-0.3, -0.25) is 4.79 Å². The number of hydrogen-bond acceptors (Lipinski definition) is 2. The normalized spacial score (nSPS) is 12.1. The summed E-state index contributed by atoms with van der Waals surface area (Å²) in [6.07, 6.45) is -5.79. The second-order valence-corrected chi connectivity index (χ2v) is 3.93. The van der Waals surface area contributed by atoms with Gasteiger partial charge in [0.2, 0.25) is 0 Å². The van der Waals surface area contributed by atoms with Gasteiger partial charge < -0.3 is 10.1 Å². The number of alkyl halides is 5. The molecule has 0 saturated heterocycles. The monoisotopic (exact) mass is 297 g/mol. The molecule has 0 unspecified atom stereocenters. The Bertz CT molecular complexity index is 473. The molecule has 112 valence electrons. The maximum absolute atomic E-state index is 12.6. The summed E-state index contributed by atoms with van der Waals surface area (Å²) < 4.78 is 65.9. The van der Waals surface area contributed by atoms with Gasteiger partial charge in [-0.15, -0.1) is 0 Å². The molecule has 0 aliphatic carbocycles. The Morgan fingerprint density at radius 2 is 1.90 bits per heavy atom. The molecule has 1 aromatic carbocycles. The lowest BCUT2D eigenvalue weighted by atomic mass is 10.1. The van der Waals surface area contributed by atoms with Gasteiger partial charge in [0, 0.05) is 6.54 Å². The average Bonchev–Trinajstić information content (AvgIpc) is 2.37. The fourth-order valence-electron chi connectivity index (χ4n) is 1.39. The van der Waals surface area contributed by atoms with E-state index in [1.165, 1.54) is 7.11 Å². The number of carbonyl (C=O) groups is 1. The summed E-state index contributed by atoms with van der Waals surface area (Å²) in [7, 11) is 1.44. The largest absolute Gasteiger partial charge is 0.497 e. The first kappa shape index (κ1) is 16.2. The highest BCUT2D eigenvalue weighted by atomic mass is 19.4. The van der Waals surface area contributed by atoms with E-state index in [1.807, 2.05) is 0 Å². The summed E-state index contributed by atoms with van der Waals surface area (Å²) in [5.41, 5.74) is 0.639. The lowest BCUT2D eigenvalue weighted by molar-refractivity contribution is -0.269. The van der Waals surface area contributed by atoms with Crippen LogP contribution in [0, 0.1) is 0 Å². The number of ether oxygens (including phenoxy) is 1. The summed E-state index contributed by atoms with van der Waals surface area (Å²) in [4.78, 5) is 10.8. The van der Waals surface area contributed by atoms with Gasteiger partial charge in [-0.25, -0.2) is 0 Å². The van der Waals surface area contributed by atoms with E-state index in [0.717, 1.165) is 0 Å². The van der Waals surface area contributed by atoms with E-state index in [1.54, 1.807) is 29.6 Å². The Morgan fingerprint density at radius 3 is 2.45 bits per heavy atom. The van der Waals surface area contributed by atoms with Crippen LogP contribution in [0.2, 0.25) is 0 Å². The number of carbonyl (C=O) groups excluding carboxylic acids is 1. The molecule has 0 aliphatic heterocycles. The van der Waals surface area contributed by atoms with Crippen molar-refractivity contribution in [2.24, 2.45) is 0 Å². The van der Waals surface area contributed by atoms with Crippen LogP contribution in [0.5, 0.6) is 5.75 Å². The third-order valence-corrected chi connectivity index (χ3v) is 2.47. The van der Waals surface area contributed by atoms with Gasteiger partial charge in [0.05, 0.1) is 7.11 Å². The number of halogens is 5. The zero-order valence-corrected chi connectivity index (χ0v) is 10.4. The molecule has 0 saturated carbocycles. The van der Waals surface area contributed by atoms with Crippen LogP contribution in [0.25, 0.3) is 0 Å². The molecule has 1 N–H and O–H groups in total. The van der Waals surface area contributed by atoms with Crippen molar-refractivity contribution in [3.8, 4) is 5.75 Å². The smallest absolute Gasteiger partial charge is 0.463 e. The molecule has 0 radical (unpaired) electrons. The standard InChI is InChI=1S/C12H12F5NO2/c1-20-9-4-2-3-8(7-9)5-6-18-10(19)11(13,14)12(15,16)17/h2-4,7H,5-6H2,1H3,(H,18,19). The number of rotatable bonds is 5. The van der Waals surface area contributed by atoms with Gasteiger partial charge in [0.1, 0.15) is 5.75 Å². The quantitative estimate of drug-likeness (QED) is 0.848. The minimum Gasteiger partial charge on any atom is -0.497 e. The summed E-state index contributed by atoms with van der Waals surface area (Å²) in [5.74, 6) is -7.22. The third kappa shape index (κ3) is 3.82. The number of amides is 1. The molecule has 1 amide bonds. The van der Waals surface area contributed by atoms with E-state index in [2.05, 4.69) is 0 Å². The highest BCUT2D eigenvalue weighted by molar-refractivity contribution is 5.84. The second kappa shape index (κ2) is 6.06. The van der Waals surface area contributed by atoms with Gasteiger partial charge in [-0.1, -0.05) is 12.1 Å². The molecule has 8 heteroatoms. The third-order valence-electron chi connectivity index (χ3n) is 2.47. The predicted molar refractivity (Wildman–Crippen MR) is 60.7 cm³/mol. The van der Waals surface area contributed by atoms with Crippen molar-refractivity contribution >= 4 is 5.91 Å². The van der Waals surface area contributed by atoms with Crippen LogP contribution >= 0.6 is 0 Å². The number of methoxy groups -OCH3 is 1. The van der Waals surface area contributed by atoms with Crippen LogP contribution in [0.3, 0.4) is 0 Å². The van der Waals surface area contributed by atoms with Crippen LogP contribution in [0.4, 0.5) is 22.0 Å².